The molecule has 3 aliphatic heterocycles. The fraction of sp³-hybridized carbons (Fsp3) is 0.710. The summed E-state index contributed by atoms with van der Waals surface area (Å²) < 4.78 is 38.2. The molecule has 236 valence electrons. The van der Waals surface area contributed by atoms with E-state index >= 15 is 8.78 Å². The fourth-order valence-corrected chi connectivity index (χ4v) is 7.56. The highest BCUT2D eigenvalue weighted by Crippen LogP contribution is 2.44. The molecular formula is C31H46F2N8O2. The number of hydrogen-bond donors (Lipinski definition) is 3. The Kier molecular flexibility index (Phi) is 9.32. The third kappa shape index (κ3) is 6.31. The number of fused-ring (bicyclic) bond motifs is 2. The number of morpholine rings is 1. The maximum absolute atomic E-state index is 15.8. The van der Waals surface area contributed by atoms with Gasteiger partial charge in [0.15, 0.2) is 11.6 Å². The van der Waals surface area contributed by atoms with Crippen molar-refractivity contribution in [2.45, 2.75) is 82.3 Å². The molecule has 1 atom stereocenters. The number of anilines is 4. The van der Waals surface area contributed by atoms with Gasteiger partial charge in [-0.1, -0.05) is 44.9 Å². The molecule has 43 heavy (non-hydrogen) atoms. The Labute approximate surface area is 252 Å². The number of piperidine rings is 1. The molecule has 12 heteroatoms. The number of ether oxygens (including phenoxy) is 1. The largest absolute Gasteiger partial charge is 0.381 e. The quantitative estimate of drug-likeness (QED) is 0.449. The number of nitrogens with two attached hydrogens (primary N) is 1. The smallest absolute Gasteiger partial charge is 0.263 e. The van der Waals surface area contributed by atoms with Gasteiger partial charge >= 0.3 is 0 Å². The molecule has 4 N–H and O–H groups in total. The van der Waals surface area contributed by atoms with Crippen molar-refractivity contribution in [3.05, 3.63) is 23.8 Å². The minimum absolute atomic E-state index is 0.0420. The topological polar surface area (TPSA) is 114 Å². The third-order valence-corrected chi connectivity index (χ3v) is 9.98. The summed E-state index contributed by atoms with van der Waals surface area (Å²) in [6, 6.07) is 0. The van der Waals surface area contributed by atoms with Crippen LogP contribution < -0.4 is 21.3 Å². The van der Waals surface area contributed by atoms with Crippen LogP contribution in [0.25, 0.3) is 0 Å². The molecular weight excluding hydrogens is 554 g/mol. The van der Waals surface area contributed by atoms with E-state index in [9.17, 15) is 4.79 Å². The van der Waals surface area contributed by atoms with Gasteiger partial charge in [-0.2, -0.15) is 5.10 Å². The number of carbonyl (C=O) groups is 1. The van der Waals surface area contributed by atoms with Gasteiger partial charge in [0.2, 0.25) is 0 Å². The number of nitrogen functional groups attached to an aromatic ring is 1. The second-order valence-corrected chi connectivity index (χ2v) is 12.8. The molecule has 0 aromatic carbocycles. The highest BCUT2D eigenvalue weighted by Gasteiger charge is 2.47. The zero-order valence-corrected chi connectivity index (χ0v) is 25.1. The van der Waals surface area contributed by atoms with Crippen molar-refractivity contribution in [3.63, 3.8) is 0 Å². The molecule has 1 unspecified atom stereocenters. The molecule has 6 rings (SSSR count). The molecule has 1 amide bonds. The summed E-state index contributed by atoms with van der Waals surface area (Å²) in [6.45, 7) is 5.97. The number of nitrogens with zero attached hydrogens (tertiary/aromatic N) is 5. The first-order valence-corrected chi connectivity index (χ1v) is 16.2. The average Bonchev–Trinajstić information content (AvgIpc) is 3.36. The number of carbonyl (C=O) groups excluding carboxylic acids is 1. The van der Waals surface area contributed by atoms with E-state index < -0.39 is 23.4 Å². The SMILES string of the molecule is Nc1nn2c(c1C(=O)Nc1cncc(F)c1N1CCC(CN3CCOCC3)CC1)NCC(F)C21CCCCCCCCC1. The van der Waals surface area contributed by atoms with Crippen LogP contribution >= 0.6 is 0 Å². The first-order valence-electron chi connectivity index (χ1n) is 16.2. The molecule has 5 heterocycles. The lowest BCUT2D eigenvalue weighted by Crippen LogP contribution is -2.51. The predicted octanol–water partition coefficient (Wildman–Crippen LogP) is 4.78. The molecule has 0 bridgehead atoms. The molecule has 1 aliphatic carbocycles. The van der Waals surface area contributed by atoms with Gasteiger partial charge in [-0.15, -0.1) is 0 Å². The lowest BCUT2D eigenvalue weighted by atomic mass is 9.80. The number of aromatic nitrogens is 3. The Morgan fingerprint density at radius 2 is 1.72 bits per heavy atom. The lowest BCUT2D eigenvalue weighted by molar-refractivity contribution is 0.0289. The minimum Gasteiger partial charge on any atom is -0.381 e. The van der Waals surface area contributed by atoms with Crippen molar-refractivity contribution in [2.24, 2.45) is 5.92 Å². The molecule has 0 radical (unpaired) electrons. The number of rotatable bonds is 5. The Bertz CT molecular complexity index is 1250. The van der Waals surface area contributed by atoms with Crippen molar-refractivity contribution < 1.29 is 18.3 Å². The number of hydrogen-bond acceptors (Lipinski definition) is 8. The van der Waals surface area contributed by atoms with Crippen LogP contribution in [-0.4, -0.2) is 84.2 Å². The van der Waals surface area contributed by atoms with E-state index in [-0.39, 0.29) is 17.9 Å². The van der Waals surface area contributed by atoms with Gasteiger partial charge in [-0.3, -0.25) is 14.7 Å². The molecule has 3 fully saturated rings. The number of nitrogens with one attached hydrogen (secondary N) is 2. The second-order valence-electron chi connectivity index (χ2n) is 12.8. The molecule has 10 nitrogen and oxygen atoms in total. The molecule has 2 aromatic heterocycles. The summed E-state index contributed by atoms with van der Waals surface area (Å²) in [5.41, 5.74) is 6.35. The van der Waals surface area contributed by atoms with Gasteiger partial charge in [0.25, 0.3) is 5.91 Å². The lowest BCUT2D eigenvalue weighted by Gasteiger charge is -2.42. The molecule has 1 spiro atoms. The Hall–Kier alpha value is -2.99. The normalized spacial score (nSPS) is 23.9. The van der Waals surface area contributed by atoms with Crippen LogP contribution in [0.5, 0.6) is 0 Å². The van der Waals surface area contributed by atoms with Crippen LogP contribution in [-0.2, 0) is 10.3 Å². The van der Waals surface area contributed by atoms with Crippen LogP contribution in [0.2, 0.25) is 0 Å². The van der Waals surface area contributed by atoms with Crippen LogP contribution in [0.4, 0.5) is 31.8 Å². The zero-order chi connectivity index (χ0) is 29.8. The fourth-order valence-electron chi connectivity index (χ4n) is 7.56. The molecule has 2 aromatic rings. The van der Waals surface area contributed by atoms with Gasteiger partial charge < -0.3 is 26.0 Å². The minimum atomic E-state index is -1.14. The van der Waals surface area contributed by atoms with Crippen molar-refractivity contribution in [2.75, 3.05) is 73.7 Å². The second kappa shape index (κ2) is 13.3. The number of halogens is 2. The van der Waals surface area contributed by atoms with E-state index in [4.69, 9.17) is 10.5 Å². The first kappa shape index (κ1) is 30.1. The standard InChI is InChI=1S/C31H46F2N8O2/c32-23-18-35-19-24(27(23)40-12-8-22(9-13-40)21-39-14-16-43-17-15-39)37-30(42)26-28(34)38-41-29(26)36-20-25(33)31(41)10-6-4-2-1-3-5-7-11-31/h18-19,22,25,36H,1-17,20-21H2,(H2,34,38)(H,37,42). The van der Waals surface area contributed by atoms with Crippen molar-refractivity contribution in [3.8, 4) is 0 Å². The maximum Gasteiger partial charge on any atom is 0.263 e. The van der Waals surface area contributed by atoms with E-state index in [1.807, 2.05) is 4.90 Å². The summed E-state index contributed by atoms with van der Waals surface area (Å²) in [7, 11) is 0. The van der Waals surface area contributed by atoms with Crippen LogP contribution in [0.3, 0.4) is 0 Å². The van der Waals surface area contributed by atoms with E-state index in [0.29, 0.717) is 49.0 Å². The highest BCUT2D eigenvalue weighted by molar-refractivity contribution is 6.12. The van der Waals surface area contributed by atoms with Gasteiger partial charge in [0.1, 0.15) is 23.2 Å². The summed E-state index contributed by atoms with van der Waals surface area (Å²) >= 11 is 0. The van der Waals surface area contributed by atoms with Crippen molar-refractivity contribution in [1.82, 2.24) is 19.7 Å². The Morgan fingerprint density at radius 1 is 1.05 bits per heavy atom. The monoisotopic (exact) mass is 600 g/mol. The summed E-state index contributed by atoms with van der Waals surface area (Å²) in [4.78, 5) is 22.3. The van der Waals surface area contributed by atoms with Gasteiger partial charge in [-0.25, -0.2) is 13.5 Å². The van der Waals surface area contributed by atoms with Gasteiger partial charge in [0, 0.05) is 39.3 Å². The van der Waals surface area contributed by atoms with Crippen molar-refractivity contribution in [1.29, 1.82) is 0 Å². The maximum atomic E-state index is 15.8. The number of pyridine rings is 1. The average molecular weight is 601 g/mol. The Morgan fingerprint density at radius 3 is 2.42 bits per heavy atom. The number of amides is 1. The third-order valence-electron chi connectivity index (χ3n) is 9.98. The van der Waals surface area contributed by atoms with Crippen LogP contribution in [0.1, 0.15) is 81.0 Å². The first-order chi connectivity index (χ1) is 21.0. The van der Waals surface area contributed by atoms with Gasteiger partial charge in [-0.05, 0) is 31.6 Å². The zero-order valence-electron chi connectivity index (χ0n) is 25.1. The van der Waals surface area contributed by atoms with E-state index in [1.54, 1.807) is 4.68 Å². The van der Waals surface area contributed by atoms with Crippen molar-refractivity contribution >= 4 is 28.9 Å². The van der Waals surface area contributed by atoms with Crippen LogP contribution in [0.15, 0.2) is 12.4 Å². The summed E-state index contributed by atoms with van der Waals surface area (Å²) in [5.74, 6) is 0.0367. The van der Waals surface area contributed by atoms with Crippen LogP contribution in [0, 0.1) is 11.7 Å². The number of alkyl halides is 1. The van der Waals surface area contributed by atoms with Gasteiger partial charge in [0.05, 0.1) is 36.8 Å². The molecule has 1 saturated carbocycles. The van der Waals surface area contributed by atoms with E-state index in [1.165, 1.54) is 18.8 Å². The Balaban J connectivity index is 1.20. The predicted molar refractivity (Wildman–Crippen MR) is 164 cm³/mol. The highest BCUT2D eigenvalue weighted by atomic mass is 19.1. The summed E-state index contributed by atoms with van der Waals surface area (Å²) in [6.07, 6.45) is 12.2. The molecule has 2 saturated heterocycles. The van der Waals surface area contributed by atoms with E-state index in [0.717, 1.165) is 84.2 Å². The molecule has 4 aliphatic rings. The van der Waals surface area contributed by atoms with E-state index in [2.05, 4.69) is 25.6 Å². The summed E-state index contributed by atoms with van der Waals surface area (Å²) in [5, 5.41) is 10.6.